The van der Waals surface area contributed by atoms with E-state index in [-0.39, 0.29) is 12.2 Å². The number of rotatable bonds is 2. The minimum Gasteiger partial charge on any atom is -0.504 e. The van der Waals surface area contributed by atoms with Gasteiger partial charge < -0.3 is 14.9 Å². The van der Waals surface area contributed by atoms with Crippen molar-refractivity contribution in [3.05, 3.63) is 34.0 Å². The Kier molecular flexibility index (Phi) is 3.28. The number of hydrogen-bond acceptors (Lipinski definition) is 5. The number of carbonyl (C=O) groups is 1. The molecule has 0 aliphatic heterocycles. The summed E-state index contributed by atoms with van der Waals surface area (Å²) in [6, 6.07) is 3.17. The van der Waals surface area contributed by atoms with Crippen LogP contribution in [-0.2, 0) is 4.74 Å². The molecule has 15 heavy (non-hydrogen) atoms. The maximum atomic E-state index is 11.2. The molecule has 0 spiro atoms. The van der Waals surface area contributed by atoms with Gasteiger partial charge in [-0.3, -0.25) is 4.79 Å². The molecule has 5 nitrogen and oxygen atoms in total. The predicted molar refractivity (Wildman–Crippen MR) is 52.0 cm³/mol. The van der Waals surface area contributed by atoms with Crippen molar-refractivity contribution >= 4 is 5.97 Å². The maximum Gasteiger partial charge on any atom is 0.338 e. The molecule has 0 aliphatic carbocycles. The van der Waals surface area contributed by atoms with Crippen molar-refractivity contribution in [3.63, 3.8) is 0 Å². The highest BCUT2D eigenvalue weighted by molar-refractivity contribution is 5.89. The standard InChI is InChI=1S/C10H10O5/c1-2-15-10(14)6-3-4-7(11)9(13)8(12)5-6/h3-5H,2H2,1H3,(H2,11,12,13). The van der Waals surface area contributed by atoms with Crippen molar-refractivity contribution in [3.8, 4) is 11.5 Å². The lowest BCUT2D eigenvalue weighted by Gasteiger charge is -1.97. The van der Waals surface area contributed by atoms with Gasteiger partial charge in [0, 0.05) is 6.07 Å². The Labute approximate surface area is 85.6 Å². The molecular formula is C10H10O5. The van der Waals surface area contributed by atoms with E-state index in [0.717, 1.165) is 12.1 Å². The molecule has 1 rings (SSSR count). The summed E-state index contributed by atoms with van der Waals surface area (Å²) >= 11 is 0. The second kappa shape index (κ2) is 4.45. The quantitative estimate of drug-likeness (QED) is 0.699. The van der Waals surface area contributed by atoms with E-state index in [0.29, 0.717) is 0 Å². The lowest BCUT2D eigenvalue weighted by Crippen LogP contribution is -2.06. The van der Waals surface area contributed by atoms with Gasteiger partial charge in [0.15, 0.2) is 5.75 Å². The molecule has 0 unspecified atom stereocenters. The van der Waals surface area contributed by atoms with Crippen LogP contribution in [0.15, 0.2) is 23.0 Å². The van der Waals surface area contributed by atoms with Gasteiger partial charge in [-0.25, -0.2) is 4.79 Å². The second-order valence-electron chi connectivity index (χ2n) is 2.75. The highest BCUT2D eigenvalue weighted by Crippen LogP contribution is 2.17. The molecule has 0 saturated carbocycles. The number of carbonyl (C=O) groups excluding carboxylic acids is 1. The molecule has 0 radical (unpaired) electrons. The summed E-state index contributed by atoms with van der Waals surface area (Å²) in [4.78, 5) is 22.4. The van der Waals surface area contributed by atoms with Gasteiger partial charge >= 0.3 is 5.97 Å². The fourth-order valence-corrected chi connectivity index (χ4v) is 0.973. The Morgan fingerprint density at radius 3 is 2.67 bits per heavy atom. The van der Waals surface area contributed by atoms with E-state index in [4.69, 9.17) is 10.2 Å². The molecular weight excluding hydrogens is 200 g/mol. The van der Waals surface area contributed by atoms with Crippen LogP contribution >= 0.6 is 0 Å². The number of hydrogen-bond donors (Lipinski definition) is 2. The first-order valence-electron chi connectivity index (χ1n) is 4.29. The van der Waals surface area contributed by atoms with Crippen molar-refractivity contribution in [2.75, 3.05) is 6.61 Å². The summed E-state index contributed by atoms with van der Waals surface area (Å²) in [5, 5.41) is 18.2. The summed E-state index contributed by atoms with van der Waals surface area (Å²) in [6.07, 6.45) is 0. The molecule has 2 N–H and O–H groups in total. The van der Waals surface area contributed by atoms with E-state index in [1.807, 2.05) is 0 Å². The zero-order chi connectivity index (χ0) is 11.4. The van der Waals surface area contributed by atoms with Gasteiger partial charge in [-0.1, -0.05) is 0 Å². The van der Waals surface area contributed by atoms with Crippen LogP contribution in [0.4, 0.5) is 0 Å². The molecule has 1 aromatic rings. The smallest absolute Gasteiger partial charge is 0.338 e. The van der Waals surface area contributed by atoms with Gasteiger partial charge in [0.2, 0.25) is 11.2 Å². The Balaban J connectivity index is 3.25. The van der Waals surface area contributed by atoms with Gasteiger partial charge in [-0.05, 0) is 19.1 Å². The van der Waals surface area contributed by atoms with Crippen molar-refractivity contribution in [2.24, 2.45) is 0 Å². The highest BCUT2D eigenvalue weighted by atomic mass is 16.5. The summed E-state index contributed by atoms with van der Waals surface area (Å²) in [5.74, 6) is -2.04. The molecule has 0 saturated heterocycles. The van der Waals surface area contributed by atoms with E-state index >= 15 is 0 Å². The first-order valence-corrected chi connectivity index (χ1v) is 4.29. The molecule has 5 heteroatoms. The fraction of sp³-hybridized carbons (Fsp3) is 0.200. The number of ether oxygens (including phenoxy) is 1. The third kappa shape index (κ3) is 2.46. The molecule has 1 aromatic carbocycles. The first kappa shape index (κ1) is 11.0. The summed E-state index contributed by atoms with van der Waals surface area (Å²) < 4.78 is 4.66. The molecule has 0 aromatic heterocycles. The average molecular weight is 210 g/mol. The van der Waals surface area contributed by atoms with Crippen LogP contribution in [0, 0.1) is 0 Å². The molecule has 0 aliphatic rings. The predicted octanol–water partition coefficient (Wildman–Crippen LogP) is 0.635. The monoisotopic (exact) mass is 210 g/mol. The minimum atomic E-state index is -0.833. The Bertz CT molecular complexity index is 438. The summed E-state index contributed by atoms with van der Waals surface area (Å²) in [7, 11) is 0. The fourth-order valence-electron chi connectivity index (χ4n) is 0.973. The normalized spacial score (nSPS) is 9.67. The Morgan fingerprint density at radius 2 is 2.07 bits per heavy atom. The SMILES string of the molecule is CCOC(=O)c1ccc(O)c(O)c(=O)c1. The molecule has 0 fully saturated rings. The largest absolute Gasteiger partial charge is 0.504 e. The number of esters is 1. The maximum absolute atomic E-state index is 11.2. The zero-order valence-corrected chi connectivity index (χ0v) is 8.06. The average Bonchev–Trinajstić information content (AvgIpc) is 2.32. The van der Waals surface area contributed by atoms with Crippen molar-refractivity contribution < 1.29 is 19.7 Å². The van der Waals surface area contributed by atoms with E-state index in [1.165, 1.54) is 6.07 Å². The van der Waals surface area contributed by atoms with E-state index in [9.17, 15) is 9.59 Å². The molecule has 0 bridgehead atoms. The third-order valence-corrected chi connectivity index (χ3v) is 1.69. The van der Waals surface area contributed by atoms with Crippen molar-refractivity contribution in [1.29, 1.82) is 0 Å². The van der Waals surface area contributed by atoms with Gasteiger partial charge in [0.1, 0.15) is 0 Å². The van der Waals surface area contributed by atoms with Gasteiger partial charge in [0.05, 0.1) is 12.2 Å². The van der Waals surface area contributed by atoms with Crippen LogP contribution < -0.4 is 5.43 Å². The molecule has 0 amide bonds. The van der Waals surface area contributed by atoms with Gasteiger partial charge in [0.25, 0.3) is 0 Å². The van der Waals surface area contributed by atoms with Gasteiger partial charge in [-0.15, -0.1) is 0 Å². The minimum absolute atomic E-state index is 0.0162. The van der Waals surface area contributed by atoms with Gasteiger partial charge in [-0.2, -0.15) is 0 Å². The highest BCUT2D eigenvalue weighted by Gasteiger charge is 2.09. The van der Waals surface area contributed by atoms with Crippen LogP contribution in [0.3, 0.4) is 0 Å². The van der Waals surface area contributed by atoms with Crippen LogP contribution in [0.2, 0.25) is 0 Å². The Hall–Kier alpha value is -2.04. The van der Waals surface area contributed by atoms with Crippen LogP contribution in [0.5, 0.6) is 11.5 Å². The van der Waals surface area contributed by atoms with Crippen molar-refractivity contribution in [1.82, 2.24) is 0 Å². The summed E-state index contributed by atoms with van der Waals surface area (Å²) in [6.45, 7) is 1.82. The molecule has 0 atom stereocenters. The zero-order valence-electron chi connectivity index (χ0n) is 8.06. The van der Waals surface area contributed by atoms with E-state index < -0.39 is 22.9 Å². The van der Waals surface area contributed by atoms with Crippen LogP contribution in [-0.4, -0.2) is 22.8 Å². The van der Waals surface area contributed by atoms with Crippen molar-refractivity contribution in [2.45, 2.75) is 6.92 Å². The van der Waals surface area contributed by atoms with Crippen LogP contribution in [0.25, 0.3) is 0 Å². The topological polar surface area (TPSA) is 83.8 Å². The summed E-state index contributed by atoms with van der Waals surface area (Å²) in [5.41, 5.74) is -0.849. The van der Waals surface area contributed by atoms with E-state index in [1.54, 1.807) is 6.92 Å². The molecule has 0 heterocycles. The first-order chi connectivity index (χ1) is 7.06. The lowest BCUT2D eigenvalue weighted by molar-refractivity contribution is 0.0526. The lowest BCUT2D eigenvalue weighted by atomic mass is 10.3. The number of aromatic hydroxyl groups is 2. The third-order valence-electron chi connectivity index (χ3n) is 1.69. The second-order valence-corrected chi connectivity index (χ2v) is 2.75. The van der Waals surface area contributed by atoms with E-state index in [2.05, 4.69) is 4.74 Å². The Morgan fingerprint density at radius 1 is 1.40 bits per heavy atom. The van der Waals surface area contributed by atoms with Crippen LogP contribution in [0.1, 0.15) is 17.3 Å². The molecule has 80 valence electrons.